The number of hydrogen-bond acceptors (Lipinski definition) is 5. The molecule has 0 aromatic heterocycles. The number of ether oxygens (including phenoxy) is 2. The number of piperazine rings is 1. The molecule has 0 aromatic rings. The normalized spacial score (nSPS) is 16.2. The van der Waals surface area contributed by atoms with E-state index in [1.54, 1.807) is 0 Å². The van der Waals surface area contributed by atoms with Crippen LogP contribution in [-0.2, 0) is 9.47 Å². The number of aliphatic imine (C=N–C) groups is 1. The van der Waals surface area contributed by atoms with Crippen LogP contribution in [0.15, 0.2) is 4.99 Å². The summed E-state index contributed by atoms with van der Waals surface area (Å²) in [6.07, 6.45) is 2.30. The number of likely N-dealkylation sites (N-methyl/N-ethyl adjacent to an activating group) is 1. The Labute approximate surface area is 183 Å². The zero-order valence-corrected chi connectivity index (χ0v) is 20.0. The Balaban J connectivity index is 0.00000676. The number of guanidine groups is 1. The number of rotatable bonds is 14. The lowest BCUT2D eigenvalue weighted by atomic mass is 10.3. The van der Waals surface area contributed by atoms with Gasteiger partial charge >= 0.3 is 0 Å². The Morgan fingerprint density at radius 3 is 2.19 bits per heavy atom. The second-order valence-corrected chi connectivity index (χ2v) is 6.54. The van der Waals surface area contributed by atoms with Crippen molar-refractivity contribution in [2.75, 3.05) is 85.3 Å². The second kappa shape index (κ2) is 19.2. The Morgan fingerprint density at radius 2 is 1.56 bits per heavy atom. The average molecular weight is 499 g/mol. The summed E-state index contributed by atoms with van der Waals surface area (Å²) >= 11 is 0. The van der Waals surface area contributed by atoms with Crippen LogP contribution in [0.5, 0.6) is 0 Å². The predicted molar refractivity (Wildman–Crippen MR) is 124 cm³/mol. The molecule has 2 N–H and O–H groups in total. The van der Waals surface area contributed by atoms with Crippen LogP contribution >= 0.6 is 24.0 Å². The van der Waals surface area contributed by atoms with Crippen molar-refractivity contribution in [3.63, 3.8) is 0 Å². The van der Waals surface area contributed by atoms with Crippen LogP contribution in [0.25, 0.3) is 0 Å². The summed E-state index contributed by atoms with van der Waals surface area (Å²) < 4.78 is 11.1. The van der Waals surface area contributed by atoms with Gasteiger partial charge in [0.2, 0.25) is 0 Å². The fourth-order valence-corrected chi connectivity index (χ4v) is 2.78. The van der Waals surface area contributed by atoms with Crippen LogP contribution in [-0.4, -0.2) is 101 Å². The third-order valence-corrected chi connectivity index (χ3v) is 4.50. The van der Waals surface area contributed by atoms with Gasteiger partial charge in [0.25, 0.3) is 0 Å². The van der Waals surface area contributed by atoms with Crippen LogP contribution in [0.2, 0.25) is 0 Å². The maximum Gasteiger partial charge on any atom is 0.191 e. The number of nitrogens with zero attached hydrogens (tertiary/aromatic N) is 3. The van der Waals surface area contributed by atoms with Gasteiger partial charge in [-0.2, -0.15) is 0 Å². The average Bonchev–Trinajstić information content (AvgIpc) is 2.67. The Bertz CT molecular complexity index is 353. The molecule has 0 unspecified atom stereocenters. The predicted octanol–water partition coefficient (Wildman–Crippen LogP) is 1.63. The quantitative estimate of drug-likeness (QED) is 0.164. The van der Waals surface area contributed by atoms with Gasteiger partial charge in [0.1, 0.15) is 0 Å². The summed E-state index contributed by atoms with van der Waals surface area (Å²) in [5, 5.41) is 6.63. The summed E-state index contributed by atoms with van der Waals surface area (Å²) in [7, 11) is 0. The fraction of sp³-hybridized carbons (Fsp3) is 0.947. The zero-order chi connectivity index (χ0) is 18.9. The number of hydrogen-bond donors (Lipinski definition) is 2. The summed E-state index contributed by atoms with van der Waals surface area (Å²) in [4.78, 5) is 9.67. The molecule has 8 heteroatoms. The smallest absolute Gasteiger partial charge is 0.191 e. The zero-order valence-electron chi connectivity index (χ0n) is 17.7. The van der Waals surface area contributed by atoms with Crippen LogP contribution in [0.3, 0.4) is 0 Å². The fourth-order valence-electron chi connectivity index (χ4n) is 2.78. The third kappa shape index (κ3) is 14.5. The lowest BCUT2D eigenvalue weighted by Crippen LogP contribution is -2.47. The van der Waals surface area contributed by atoms with Gasteiger partial charge in [-0.15, -0.1) is 24.0 Å². The molecule has 7 nitrogen and oxygen atoms in total. The Hall–Kier alpha value is -0.160. The van der Waals surface area contributed by atoms with E-state index in [4.69, 9.17) is 9.47 Å². The van der Waals surface area contributed by atoms with Crippen molar-refractivity contribution in [1.29, 1.82) is 0 Å². The van der Waals surface area contributed by atoms with Crippen LogP contribution in [0, 0.1) is 0 Å². The molecule has 162 valence electrons. The van der Waals surface area contributed by atoms with Crippen molar-refractivity contribution >= 4 is 29.9 Å². The molecule has 1 rings (SSSR count). The van der Waals surface area contributed by atoms with Crippen molar-refractivity contribution in [2.45, 2.75) is 33.6 Å². The first-order valence-corrected chi connectivity index (χ1v) is 10.4. The summed E-state index contributed by atoms with van der Waals surface area (Å²) in [5.41, 5.74) is 0. The SMILES string of the molecule is CCCCOCCOCCNC(=NCCN1CCN(CC)CC1)NCC.I. The lowest BCUT2D eigenvalue weighted by molar-refractivity contribution is 0.0487. The first-order chi connectivity index (χ1) is 12.8. The van der Waals surface area contributed by atoms with Crippen molar-refractivity contribution < 1.29 is 9.47 Å². The van der Waals surface area contributed by atoms with Gasteiger partial charge in [-0.3, -0.25) is 9.89 Å². The number of nitrogens with one attached hydrogen (secondary N) is 2. The van der Waals surface area contributed by atoms with Crippen LogP contribution in [0.1, 0.15) is 33.6 Å². The minimum absolute atomic E-state index is 0. The maximum atomic E-state index is 5.58. The molecule has 0 saturated carbocycles. The first kappa shape index (κ1) is 26.8. The molecule has 0 aromatic carbocycles. The summed E-state index contributed by atoms with van der Waals surface area (Å²) in [5.74, 6) is 0.877. The van der Waals surface area contributed by atoms with Gasteiger partial charge in [-0.05, 0) is 19.9 Å². The van der Waals surface area contributed by atoms with E-state index in [1.807, 2.05) is 0 Å². The minimum atomic E-state index is 0. The largest absolute Gasteiger partial charge is 0.379 e. The van der Waals surface area contributed by atoms with E-state index in [0.29, 0.717) is 19.8 Å². The molecule has 1 aliphatic rings. The number of halogens is 1. The molecule has 0 spiro atoms. The molecule has 0 amide bonds. The molecule has 1 heterocycles. The lowest BCUT2D eigenvalue weighted by Gasteiger charge is -2.33. The van der Waals surface area contributed by atoms with Crippen molar-refractivity contribution in [2.24, 2.45) is 4.99 Å². The van der Waals surface area contributed by atoms with Gasteiger partial charge in [0.15, 0.2) is 5.96 Å². The molecule has 1 saturated heterocycles. The summed E-state index contributed by atoms with van der Waals surface area (Å²) in [6, 6.07) is 0. The van der Waals surface area contributed by atoms with E-state index < -0.39 is 0 Å². The Kier molecular flexibility index (Phi) is 19.1. The van der Waals surface area contributed by atoms with E-state index in [1.165, 1.54) is 19.5 Å². The second-order valence-electron chi connectivity index (χ2n) is 6.54. The van der Waals surface area contributed by atoms with Gasteiger partial charge < -0.3 is 25.0 Å². The molecule has 0 atom stereocenters. The minimum Gasteiger partial charge on any atom is -0.379 e. The molecule has 0 bridgehead atoms. The van der Waals surface area contributed by atoms with Gasteiger partial charge in [-0.1, -0.05) is 20.3 Å². The van der Waals surface area contributed by atoms with Crippen LogP contribution < -0.4 is 10.6 Å². The van der Waals surface area contributed by atoms with E-state index in [2.05, 4.69) is 46.2 Å². The highest BCUT2D eigenvalue weighted by Crippen LogP contribution is 2.00. The van der Waals surface area contributed by atoms with E-state index in [0.717, 1.165) is 64.8 Å². The molecule has 0 aliphatic carbocycles. The standard InChI is InChI=1S/C19H41N5O2.HI/c1-4-7-15-25-17-18-26-16-9-22-19(20-5-2)21-8-10-24-13-11-23(6-3)12-14-24;/h4-18H2,1-3H3,(H2,20,21,22);1H. The van der Waals surface area contributed by atoms with Crippen molar-refractivity contribution in [3.05, 3.63) is 0 Å². The third-order valence-electron chi connectivity index (χ3n) is 4.50. The van der Waals surface area contributed by atoms with Crippen molar-refractivity contribution in [1.82, 2.24) is 20.4 Å². The highest BCUT2D eigenvalue weighted by Gasteiger charge is 2.14. The van der Waals surface area contributed by atoms with E-state index >= 15 is 0 Å². The first-order valence-electron chi connectivity index (χ1n) is 10.4. The molecular formula is C19H42IN5O2. The van der Waals surface area contributed by atoms with Gasteiger partial charge in [0, 0.05) is 52.4 Å². The topological polar surface area (TPSA) is 61.4 Å². The number of unbranched alkanes of at least 4 members (excludes halogenated alkanes) is 1. The molecule has 1 fully saturated rings. The highest BCUT2D eigenvalue weighted by atomic mass is 127. The van der Waals surface area contributed by atoms with Crippen molar-refractivity contribution in [3.8, 4) is 0 Å². The maximum absolute atomic E-state index is 5.58. The summed E-state index contributed by atoms with van der Waals surface area (Å²) in [6.45, 7) is 18.6. The highest BCUT2D eigenvalue weighted by molar-refractivity contribution is 14.0. The van der Waals surface area contributed by atoms with Gasteiger partial charge in [0.05, 0.1) is 26.4 Å². The Morgan fingerprint density at radius 1 is 0.889 bits per heavy atom. The van der Waals surface area contributed by atoms with E-state index in [9.17, 15) is 0 Å². The monoisotopic (exact) mass is 499 g/mol. The molecular weight excluding hydrogens is 457 g/mol. The van der Waals surface area contributed by atoms with E-state index in [-0.39, 0.29) is 24.0 Å². The molecule has 1 aliphatic heterocycles. The van der Waals surface area contributed by atoms with Crippen LogP contribution in [0.4, 0.5) is 0 Å². The molecule has 27 heavy (non-hydrogen) atoms. The van der Waals surface area contributed by atoms with Gasteiger partial charge in [-0.25, -0.2) is 0 Å². The molecule has 0 radical (unpaired) electrons.